The van der Waals surface area contributed by atoms with Crippen molar-refractivity contribution in [1.82, 2.24) is 10.3 Å². The van der Waals surface area contributed by atoms with Gasteiger partial charge in [-0.1, -0.05) is 27.2 Å². The summed E-state index contributed by atoms with van der Waals surface area (Å²) in [7, 11) is 0. The lowest BCUT2D eigenvalue weighted by atomic mass is 9.90. The SMILES string of the molecule is CCC(CC(=O)NCc1nc(C(=O)O)cs1)C(C)C. The lowest BCUT2D eigenvalue weighted by molar-refractivity contribution is -0.122. The third-order valence-electron chi connectivity index (χ3n) is 3.12. The Morgan fingerprint density at radius 2 is 2.16 bits per heavy atom. The van der Waals surface area contributed by atoms with Gasteiger partial charge in [0.25, 0.3) is 0 Å². The van der Waals surface area contributed by atoms with Gasteiger partial charge in [-0.2, -0.15) is 0 Å². The van der Waals surface area contributed by atoms with Crippen LogP contribution in [0.15, 0.2) is 5.38 Å². The molecule has 0 aliphatic rings. The first-order chi connectivity index (χ1) is 8.93. The van der Waals surface area contributed by atoms with Crippen LogP contribution in [0.2, 0.25) is 0 Å². The number of carboxylic acid groups (broad SMARTS) is 1. The van der Waals surface area contributed by atoms with Crippen molar-refractivity contribution in [2.75, 3.05) is 0 Å². The van der Waals surface area contributed by atoms with Gasteiger partial charge in [0.1, 0.15) is 5.01 Å². The van der Waals surface area contributed by atoms with Gasteiger partial charge in [0, 0.05) is 11.8 Å². The molecule has 1 aromatic heterocycles. The van der Waals surface area contributed by atoms with E-state index in [2.05, 4.69) is 31.1 Å². The Morgan fingerprint density at radius 3 is 2.63 bits per heavy atom. The predicted molar refractivity (Wildman–Crippen MR) is 74.2 cm³/mol. The molecule has 1 amide bonds. The van der Waals surface area contributed by atoms with Crippen LogP contribution in [0.5, 0.6) is 0 Å². The highest BCUT2D eigenvalue weighted by Gasteiger charge is 2.16. The highest BCUT2D eigenvalue weighted by Crippen LogP contribution is 2.18. The molecule has 0 saturated carbocycles. The molecule has 19 heavy (non-hydrogen) atoms. The van der Waals surface area contributed by atoms with Crippen molar-refractivity contribution in [3.05, 3.63) is 16.1 Å². The number of hydrogen-bond acceptors (Lipinski definition) is 4. The van der Waals surface area contributed by atoms with E-state index in [1.165, 1.54) is 16.7 Å². The Hall–Kier alpha value is -1.43. The third-order valence-corrected chi connectivity index (χ3v) is 3.97. The van der Waals surface area contributed by atoms with Gasteiger partial charge >= 0.3 is 5.97 Å². The molecule has 5 nitrogen and oxygen atoms in total. The second kappa shape index (κ2) is 7.23. The van der Waals surface area contributed by atoms with Gasteiger partial charge in [-0.25, -0.2) is 9.78 Å². The normalized spacial score (nSPS) is 12.4. The molecular weight excluding hydrogens is 264 g/mol. The maximum atomic E-state index is 11.8. The number of carbonyl (C=O) groups excluding carboxylic acids is 1. The molecule has 0 fully saturated rings. The number of carbonyl (C=O) groups is 2. The van der Waals surface area contributed by atoms with Crippen LogP contribution in [-0.2, 0) is 11.3 Å². The highest BCUT2D eigenvalue weighted by atomic mass is 32.1. The Bertz CT molecular complexity index is 443. The molecule has 0 radical (unpaired) electrons. The van der Waals surface area contributed by atoms with Crippen LogP contribution >= 0.6 is 11.3 Å². The van der Waals surface area contributed by atoms with Gasteiger partial charge in [-0.3, -0.25) is 4.79 Å². The maximum Gasteiger partial charge on any atom is 0.355 e. The Morgan fingerprint density at radius 1 is 1.47 bits per heavy atom. The number of hydrogen-bond donors (Lipinski definition) is 2. The van der Waals surface area contributed by atoms with Crippen molar-refractivity contribution >= 4 is 23.2 Å². The fourth-order valence-corrected chi connectivity index (χ4v) is 2.53. The average Bonchev–Trinajstić information content (AvgIpc) is 2.82. The number of nitrogens with zero attached hydrogens (tertiary/aromatic N) is 1. The van der Waals surface area contributed by atoms with Crippen LogP contribution in [0.25, 0.3) is 0 Å². The van der Waals surface area contributed by atoms with E-state index in [1.807, 2.05) is 0 Å². The number of thiazole rings is 1. The molecule has 0 aliphatic heterocycles. The van der Waals surface area contributed by atoms with E-state index in [4.69, 9.17) is 5.11 Å². The minimum atomic E-state index is -1.04. The molecule has 0 saturated heterocycles. The van der Waals surface area contributed by atoms with Crippen molar-refractivity contribution in [2.24, 2.45) is 11.8 Å². The molecule has 1 rings (SSSR count). The van der Waals surface area contributed by atoms with Crippen LogP contribution in [0, 0.1) is 11.8 Å². The van der Waals surface area contributed by atoms with Crippen LogP contribution in [0.1, 0.15) is 49.1 Å². The van der Waals surface area contributed by atoms with E-state index in [9.17, 15) is 9.59 Å². The first-order valence-electron chi connectivity index (χ1n) is 6.38. The van der Waals surface area contributed by atoms with Crippen LogP contribution in [-0.4, -0.2) is 22.0 Å². The largest absolute Gasteiger partial charge is 0.476 e. The fraction of sp³-hybridized carbons (Fsp3) is 0.615. The molecule has 1 unspecified atom stereocenters. The van der Waals surface area contributed by atoms with E-state index in [0.717, 1.165) is 6.42 Å². The van der Waals surface area contributed by atoms with E-state index in [1.54, 1.807) is 0 Å². The fourth-order valence-electron chi connectivity index (χ4n) is 1.83. The number of amides is 1. The van der Waals surface area contributed by atoms with Crippen LogP contribution in [0.4, 0.5) is 0 Å². The van der Waals surface area contributed by atoms with Gasteiger partial charge in [0.05, 0.1) is 6.54 Å². The maximum absolute atomic E-state index is 11.8. The van der Waals surface area contributed by atoms with Gasteiger partial charge in [0.2, 0.25) is 5.91 Å². The minimum absolute atomic E-state index is 0.00683. The summed E-state index contributed by atoms with van der Waals surface area (Å²) in [6, 6.07) is 0. The van der Waals surface area contributed by atoms with Gasteiger partial charge < -0.3 is 10.4 Å². The zero-order valence-electron chi connectivity index (χ0n) is 11.5. The number of aromatic nitrogens is 1. The van der Waals surface area contributed by atoms with E-state index in [0.29, 0.717) is 29.8 Å². The molecule has 1 aromatic rings. The summed E-state index contributed by atoms with van der Waals surface area (Å²) in [5, 5.41) is 13.6. The van der Waals surface area contributed by atoms with Gasteiger partial charge in [0.15, 0.2) is 5.69 Å². The number of rotatable bonds is 7. The summed E-state index contributed by atoms with van der Waals surface area (Å²) in [4.78, 5) is 26.4. The van der Waals surface area contributed by atoms with E-state index < -0.39 is 5.97 Å². The molecular formula is C13H20N2O3S. The number of nitrogens with one attached hydrogen (secondary N) is 1. The summed E-state index contributed by atoms with van der Waals surface area (Å²) < 4.78 is 0. The molecule has 6 heteroatoms. The van der Waals surface area contributed by atoms with Gasteiger partial charge in [-0.05, 0) is 11.8 Å². The van der Waals surface area contributed by atoms with Crippen molar-refractivity contribution in [1.29, 1.82) is 0 Å². The lowest BCUT2D eigenvalue weighted by Crippen LogP contribution is -2.26. The zero-order valence-corrected chi connectivity index (χ0v) is 12.3. The summed E-state index contributed by atoms with van der Waals surface area (Å²) in [5.74, 6) is -0.188. The smallest absolute Gasteiger partial charge is 0.355 e. The molecule has 0 bridgehead atoms. The van der Waals surface area contributed by atoms with Crippen molar-refractivity contribution in [2.45, 2.75) is 40.2 Å². The summed E-state index contributed by atoms with van der Waals surface area (Å²) in [6.45, 7) is 6.60. The molecule has 0 aliphatic carbocycles. The quantitative estimate of drug-likeness (QED) is 0.806. The summed E-state index contributed by atoms with van der Waals surface area (Å²) in [6.07, 6.45) is 1.48. The lowest BCUT2D eigenvalue weighted by Gasteiger charge is -2.18. The zero-order chi connectivity index (χ0) is 14.4. The number of aromatic carboxylic acids is 1. The molecule has 0 spiro atoms. The topological polar surface area (TPSA) is 79.3 Å². The van der Waals surface area contributed by atoms with Crippen LogP contribution < -0.4 is 5.32 Å². The Kier molecular flexibility index (Phi) is 5.95. The predicted octanol–water partition coefficient (Wildman–Crippen LogP) is 2.53. The Balaban J connectivity index is 2.43. The number of carboxylic acids is 1. The monoisotopic (exact) mass is 284 g/mol. The molecule has 0 aromatic carbocycles. The second-order valence-electron chi connectivity index (χ2n) is 4.82. The standard InChI is InChI=1S/C13H20N2O3S/c1-4-9(8(2)3)5-11(16)14-6-12-15-10(7-19-12)13(17)18/h7-9H,4-6H2,1-3H3,(H,14,16)(H,17,18). The van der Waals surface area contributed by atoms with Crippen molar-refractivity contribution in [3.63, 3.8) is 0 Å². The minimum Gasteiger partial charge on any atom is -0.476 e. The summed E-state index contributed by atoms with van der Waals surface area (Å²) in [5.41, 5.74) is 0.0304. The highest BCUT2D eigenvalue weighted by molar-refractivity contribution is 7.09. The van der Waals surface area contributed by atoms with E-state index in [-0.39, 0.29) is 11.6 Å². The van der Waals surface area contributed by atoms with Crippen LogP contribution in [0.3, 0.4) is 0 Å². The van der Waals surface area contributed by atoms with Crippen molar-refractivity contribution < 1.29 is 14.7 Å². The van der Waals surface area contributed by atoms with Gasteiger partial charge in [-0.15, -0.1) is 11.3 Å². The second-order valence-corrected chi connectivity index (χ2v) is 5.77. The Labute approximate surface area is 117 Å². The molecule has 1 atom stereocenters. The first kappa shape index (κ1) is 15.6. The van der Waals surface area contributed by atoms with Crippen molar-refractivity contribution in [3.8, 4) is 0 Å². The first-order valence-corrected chi connectivity index (χ1v) is 7.26. The molecule has 1 heterocycles. The molecule has 106 valence electrons. The average molecular weight is 284 g/mol. The van der Waals surface area contributed by atoms with E-state index >= 15 is 0 Å². The third kappa shape index (κ3) is 4.98. The molecule has 2 N–H and O–H groups in total. The summed E-state index contributed by atoms with van der Waals surface area (Å²) >= 11 is 1.24.